The van der Waals surface area contributed by atoms with E-state index in [1.54, 1.807) is 25.4 Å². The van der Waals surface area contributed by atoms with Gasteiger partial charge in [-0.05, 0) is 30.3 Å². The van der Waals surface area contributed by atoms with Gasteiger partial charge < -0.3 is 15.0 Å². The lowest BCUT2D eigenvalue weighted by atomic mass is 10.2. The Labute approximate surface area is 121 Å². The van der Waals surface area contributed by atoms with Crippen molar-refractivity contribution < 1.29 is 9.53 Å². The number of anilines is 1. The molecule has 0 atom stereocenters. The molecule has 0 aliphatic heterocycles. The summed E-state index contributed by atoms with van der Waals surface area (Å²) in [5.74, 6) is -0.165. The summed E-state index contributed by atoms with van der Waals surface area (Å²) in [6, 6.07) is 9.24. The smallest absolute Gasteiger partial charge is 0.272 e. The number of rotatable bonds is 5. The number of aromatic amines is 1. The van der Waals surface area contributed by atoms with Gasteiger partial charge in [0.15, 0.2) is 0 Å². The van der Waals surface area contributed by atoms with Crippen molar-refractivity contribution in [1.29, 1.82) is 0 Å². The molecule has 21 heavy (non-hydrogen) atoms. The average Bonchev–Trinajstić information content (AvgIpc) is 3.15. The summed E-state index contributed by atoms with van der Waals surface area (Å²) in [5.41, 5.74) is 2.24. The summed E-state index contributed by atoms with van der Waals surface area (Å²) in [7, 11) is 1.66. The lowest BCUT2D eigenvalue weighted by Gasteiger charge is -2.06. The Morgan fingerprint density at radius 3 is 3.10 bits per heavy atom. The maximum Gasteiger partial charge on any atom is 0.272 e. The van der Waals surface area contributed by atoms with E-state index in [2.05, 4.69) is 15.4 Å². The zero-order valence-corrected chi connectivity index (χ0v) is 11.7. The summed E-state index contributed by atoms with van der Waals surface area (Å²) >= 11 is 0. The van der Waals surface area contributed by atoms with Crippen molar-refractivity contribution in [2.24, 2.45) is 0 Å². The molecule has 0 radical (unpaired) electrons. The molecular weight excluding hydrogens is 268 g/mol. The largest absolute Gasteiger partial charge is 0.383 e. The molecule has 3 aromatic rings. The Morgan fingerprint density at radius 1 is 1.43 bits per heavy atom. The topological polar surface area (TPSA) is 71.9 Å². The van der Waals surface area contributed by atoms with Crippen LogP contribution in [0.1, 0.15) is 10.5 Å². The number of ether oxygens (including phenoxy) is 1. The third kappa shape index (κ3) is 2.80. The third-order valence-corrected chi connectivity index (χ3v) is 3.25. The first-order valence-electron chi connectivity index (χ1n) is 6.67. The summed E-state index contributed by atoms with van der Waals surface area (Å²) < 4.78 is 6.94. The molecular formula is C15H16N4O2. The van der Waals surface area contributed by atoms with Crippen molar-refractivity contribution in [3.63, 3.8) is 0 Å². The second-order valence-electron chi connectivity index (χ2n) is 4.67. The predicted octanol–water partition coefficient (Wildman–Crippen LogP) is 2.26. The Kier molecular flexibility index (Phi) is 3.70. The second kappa shape index (κ2) is 5.80. The molecule has 0 unspecified atom stereocenters. The fourth-order valence-electron chi connectivity index (χ4n) is 2.17. The zero-order valence-electron chi connectivity index (χ0n) is 11.7. The number of carbonyl (C=O) groups excluding carboxylic acids is 1. The molecule has 2 aromatic heterocycles. The molecule has 1 amide bonds. The molecule has 0 spiro atoms. The van der Waals surface area contributed by atoms with E-state index in [1.807, 2.05) is 29.1 Å². The van der Waals surface area contributed by atoms with E-state index in [1.165, 1.54) is 0 Å². The highest BCUT2D eigenvalue weighted by Crippen LogP contribution is 2.19. The maximum absolute atomic E-state index is 12.0. The van der Waals surface area contributed by atoms with Crippen LogP contribution in [0.25, 0.3) is 10.9 Å². The molecule has 1 aromatic carbocycles. The van der Waals surface area contributed by atoms with Crippen LogP contribution >= 0.6 is 0 Å². The van der Waals surface area contributed by atoms with Gasteiger partial charge >= 0.3 is 0 Å². The second-order valence-corrected chi connectivity index (χ2v) is 4.67. The molecule has 2 N–H and O–H groups in total. The SMILES string of the molecule is COCCn1ncc2ccc(NC(=O)c3ccc[nH]3)cc21. The quantitative estimate of drug-likeness (QED) is 0.755. The molecule has 0 saturated heterocycles. The van der Waals surface area contributed by atoms with Gasteiger partial charge in [-0.15, -0.1) is 0 Å². The number of fused-ring (bicyclic) bond motifs is 1. The number of amides is 1. The predicted molar refractivity (Wildman–Crippen MR) is 80.4 cm³/mol. The van der Waals surface area contributed by atoms with Crippen LogP contribution in [-0.2, 0) is 11.3 Å². The van der Waals surface area contributed by atoms with E-state index in [9.17, 15) is 4.79 Å². The van der Waals surface area contributed by atoms with Gasteiger partial charge in [0.25, 0.3) is 5.91 Å². The lowest BCUT2D eigenvalue weighted by Crippen LogP contribution is -2.12. The maximum atomic E-state index is 12.0. The van der Waals surface area contributed by atoms with Crippen molar-refractivity contribution in [1.82, 2.24) is 14.8 Å². The number of nitrogens with one attached hydrogen (secondary N) is 2. The fraction of sp³-hybridized carbons (Fsp3) is 0.200. The molecule has 6 heteroatoms. The number of methoxy groups -OCH3 is 1. The van der Waals surface area contributed by atoms with Crippen molar-refractivity contribution in [3.05, 3.63) is 48.4 Å². The van der Waals surface area contributed by atoms with E-state index in [4.69, 9.17) is 4.74 Å². The van der Waals surface area contributed by atoms with E-state index < -0.39 is 0 Å². The van der Waals surface area contributed by atoms with Crippen LogP contribution < -0.4 is 5.32 Å². The van der Waals surface area contributed by atoms with Gasteiger partial charge in [-0.25, -0.2) is 0 Å². The van der Waals surface area contributed by atoms with Crippen molar-refractivity contribution in [2.75, 3.05) is 19.0 Å². The minimum atomic E-state index is -0.165. The Balaban J connectivity index is 1.84. The molecule has 0 bridgehead atoms. The molecule has 108 valence electrons. The van der Waals surface area contributed by atoms with Gasteiger partial charge in [0.05, 0.1) is 24.9 Å². The first kappa shape index (κ1) is 13.4. The van der Waals surface area contributed by atoms with Gasteiger partial charge in [-0.1, -0.05) is 0 Å². The minimum Gasteiger partial charge on any atom is -0.383 e. The molecule has 0 fully saturated rings. The molecule has 3 rings (SSSR count). The Morgan fingerprint density at radius 2 is 2.33 bits per heavy atom. The fourth-order valence-corrected chi connectivity index (χ4v) is 2.17. The number of benzene rings is 1. The highest BCUT2D eigenvalue weighted by Gasteiger charge is 2.08. The van der Waals surface area contributed by atoms with Gasteiger partial charge in [0.2, 0.25) is 0 Å². The van der Waals surface area contributed by atoms with E-state index in [-0.39, 0.29) is 5.91 Å². The number of H-pyrrole nitrogens is 1. The van der Waals surface area contributed by atoms with Crippen molar-refractivity contribution in [2.45, 2.75) is 6.54 Å². The monoisotopic (exact) mass is 284 g/mol. The Hall–Kier alpha value is -2.60. The highest BCUT2D eigenvalue weighted by molar-refractivity contribution is 6.03. The average molecular weight is 284 g/mol. The molecule has 2 heterocycles. The van der Waals surface area contributed by atoms with Crippen LogP contribution in [-0.4, -0.2) is 34.4 Å². The van der Waals surface area contributed by atoms with E-state index >= 15 is 0 Å². The van der Waals surface area contributed by atoms with Crippen LogP contribution in [0.4, 0.5) is 5.69 Å². The van der Waals surface area contributed by atoms with Gasteiger partial charge in [-0.2, -0.15) is 5.10 Å². The van der Waals surface area contributed by atoms with Crippen LogP contribution in [0.3, 0.4) is 0 Å². The first-order valence-corrected chi connectivity index (χ1v) is 6.67. The number of nitrogens with zero attached hydrogens (tertiary/aromatic N) is 2. The highest BCUT2D eigenvalue weighted by atomic mass is 16.5. The number of aromatic nitrogens is 3. The number of carbonyl (C=O) groups is 1. The zero-order chi connectivity index (χ0) is 14.7. The molecule has 0 saturated carbocycles. The minimum absolute atomic E-state index is 0.165. The van der Waals surface area contributed by atoms with Crippen molar-refractivity contribution in [3.8, 4) is 0 Å². The lowest BCUT2D eigenvalue weighted by molar-refractivity contribution is 0.102. The van der Waals surface area contributed by atoms with Gasteiger partial charge in [0, 0.05) is 24.4 Å². The molecule has 0 aliphatic carbocycles. The van der Waals surface area contributed by atoms with Crippen LogP contribution in [0.15, 0.2) is 42.7 Å². The summed E-state index contributed by atoms with van der Waals surface area (Å²) in [4.78, 5) is 14.9. The normalized spacial score (nSPS) is 10.9. The number of hydrogen-bond donors (Lipinski definition) is 2. The Bertz CT molecular complexity index is 746. The summed E-state index contributed by atoms with van der Waals surface area (Å²) in [6.07, 6.45) is 3.53. The van der Waals surface area contributed by atoms with Crippen molar-refractivity contribution >= 4 is 22.5 Å². The van der Waals surface area contributed by atoms with Crippen LogP contribution in [0.2, 0.25) is 0 Å². The van der Waals surface area contributed by atoms with Crippen LogP contribution in [0, 0.1) is 0 Å². The molecule has 0 aliphatic rings. The first-order chi connectivity index (χ1) is 10.3. The number of hydrogen-bond acceptors (Lipinski definition) is 3. The summed E-state index contributed by atoms with van der Waals surface area (Å²) in [6.45, 7) is 1.27. The van der Waals surface area contributed by atoms with E-state index in [0.717, 1.165) is 16.6 Å². The van der Waals surface area contributed by atoms with Gasteiger partial charge in [0.1, 0.15) is 5.69 Å². The standard InChI is InChI=1S/C15H16N4O2/c1-21-8-7-19-14-9-12(5-4-11(14)10-17-19)18-15(20)13-3-2-6-16-13/h2-6,9-10,16H,7-8H2,1H3,(H,18,20). The van der Waals surface area contributed by atoms with Gasteiger partial charge in [-0.3, -0.25) is 9.48 Å². The van der Waals surface area contributed by atoms with E-state index in [0.29, 0.717) is 18.8 Å². The summed E-state index contributed by atoms with van der Waals surface area (Å²) in [5, 5.41) is 8.22. The van der Waals surface area contributed by atoms with Crippen LogP contribution in [0.5, 0.6) is 0 Å². The molecule has 6 nitrogen and oxygen atoms in total. The third-order valence-electron chi connectivity index (χ3n) is 3.25.